The third kappa shape index (κ3) is 4.54. The van der Waals surface area contributed by atoms with Crippen LogP contribution in [0.2, 0.25) is 0 Å². The number of hydrogen-bond donors (Lipinski definition) is 0. The minimum atomic E-state index is -4.44. The second-order valence-electron chi connectivity index (χ2n) is 10.6. The molecule has 0 radical (unpaired) electrons. The van der Waals surface area contributed by atoms with Crippen LogP contribution in [0.4, 0.5) is 13.2 Å². The topological polar surface area (TPSA) is 80.0 Å². The second-order valence-corrected chi connectivity index (χ2v) is 10.6. The number of nitrogens with zero attached hydrogens (tertiary/aromatic N) is 7. The van der Waals surface area contributed by atoms with Crippen LogP contribution in [0.25, 0.3) is 0 Å². The summed E-state index contributed by atoms with van der Waals surface area (Å²) in [6, 6.07) is 1.81. The van der Waals surface area contributed by atoms with E-state index in [0.29, 0.717) is 36.3 Å². The highest BCUT2D eigenvalue weighted by atomic mass is 19.4. The van der Waals surface area contributed by atoms with Crippen molar-refractivity contribution in [3.63, 3.8) is 0 Å². The number of rotatable bonds is 4. The molecule has 2 aliphatic heterocycles. The first-order valence-corrected chi connectivity index (χ1v) is 12.5. The van der Waals surface area contributed by atoms with E-state index in [1.165, 1.54) is 0 Å². The molecule has 35 heavy (non-hydrogen) atoms. The number of fused-ring (bicyclic) bond motifs is 1. The SMILES string of the molecule is CC(C)[C@]1(C(=O)N2CCc3ncc(C(F)(F)F)cc3C2)CCC(N2CCC(n3cnnn3)CC2)C1. The van der Waals surface area contributed by atoms with E-state index in [1.807, 2.05) is 4.68 Å². The number of amides is 1. The molecule has 1 saturated heterocycles. The number of halogens is 3. The van der Waals surface area contributed by atoms with Gasteiger partial charge in [-0.1, -0.05) is 13.8 Å². The summed E-state index contributed by atoms with van der Waals surface area (Å²) in [7, 11) is 0. The number of hydrogen-bond acceptors (Lipinski definition) is 6. The molecule has 0 spiro atoms. The molecule has 8 nitrogen and oxygen atoms in total. The van der Waals surface area contributed by atoms with Gasteiger partial charge in [-0.25, -0.2) is 4.68 Å². The lowest BCUT2D eigenvalue weighted by Crippen LogP contribution is -2.49. The number of piperidine rings is 1. The van der Waals surface area contributed by atoms with Gasteiger partial charge in [0.15, 0.2) is 0 Å². The van der Waals surface area contributed by atoms with Crippen molar-refractivity contribution in [3.8, 4) is 0 Å². The van der Waals surface area contributed by atoms with Crippen LogP contribution in [-0.4, -0.2) is 66.6 Å². The molecule has 1 aliphatic carbocycles. The number of tetrazole rings is 1. The van der Waals surface area contributed by atoms with Gasteiger partial charge in [0.05, 0.1) is 17.0 Å². The van der Waals surface area contributed by atoms with E-state index in [0.717, 1.165) is 57.5 Å². The number of likely N-dealkylation sites (tertiary alicyclic amines) is 1. The molecule has 2 aromatic rings. The van der Waals surface area contributed by atoms with Crippen LogP contribution in [0.1, 0.15) is 68.8 Å². The molecule has 1 amide bonds. The standard InChI is InChI=1S/C24H32F3N7O/c1-16(2)23(7-3-20(12-23)32-8-4-19(5-9-32)34-15-29-30-31-34)22(35)33-10-6-21-17(14-33)11-18(13-28-21)24(25,26)27/h11,13,15-16,19-20H,3-10,12,14H2,1-2H3/t20?,23-/m0/s1. The van der Waals surface area contributed by atoms with E-state index in [4.69, 9.17) is 0 Å². The Morgan fingerprint density at radius 1 is 1.14 bits per heavy atom. The van der Waals surface area contributed by atoms with Crippen molar-refractivity contribution in [2.75, 3.05) is 19.6 Å². The molecule has 1 saturated carbocycles. The summed E-state index contributed by atoms with van der Waals surface area (Å²) < 4.78 is 41.5. The van der Waals surface area contributed by atoms with Crippen LogP contribution in [0.3, 0.4) is 0 Å². The molecule has 1 unspecified atom stereocenters. The Kier molecular flexibility index (Phi) is 6.31. The third-order valence-electron chi connectivity index (χ3n) is 8.46. The zero-order valence-corrected chi connectivity index (χ0v) is 20.2. The van der Waals surface area contributed by atoms with Gasteiger partial charge in [0.25, 0.3) is 0 Å². The normalized spacial score (nSPS) is 26.3. The van der Waals surface area contributed by atoms with E-state index in [9.17, 15) is 18.0 Å². The van der Waals surface area contributed by atoms with Gasteiger partial charge in [-0.15, -0.1) is 5.10 Å². The van der Waals surface area contributed by atoms with E-state index in [1.54, 1.807) is 11.2 Å². The summed E-state index contributed by atoms with van der Waals surface area (Å²) in [4.78, 5) is 22.3. The smallest absolute Gasteiger partial charge is 0.337 e. The summed E-state index contributed by atoms with van der Waals surface area (Å²) in [6.45, 7) is 6.79. The van der Waals surface area contributed by atoms with Crippen molar-refractivity contribution in [2.45, 2.75) is 77.2 Å². The summed E-state index contributed by atoms with van der Waals surface area (Å²) >= 11 is 0. The fraction of sp³-hybridized carbons (Fsp3) is 0.708. The number of carbonyl (C=O) groups is 1. The van der Waals surface area contributed by atoms with Crippen LogP contribution >= 0.6 is 0 Å². The van der Waals surface area contributed by atoms with Gasteiger partial charge >= 0.3 is 6.18 Å². The molecule has 3 aliphatic rings. The van der Waals surface area contributed by atoms with Crippen molar-refractivity contribution in [2.24, 2.45) is 11.3 Å². The van der Waals surface area contributed by atoms with Gasteiger partial charge in [-0.2, -0.15) is 13.2 Å². The Morgan fingerprint density at radius 3 is 2.57 bits per heavy atom. The molecule has 2 fully saturated rings. The lowest BCUT2D eigenvalue weighted by atomic mass is 9.73. The zero-order valence-electron chi connectivity index (χ0n) is 20.2. The van der Waals surface area contributed by atoms with Gasteiger partial charge in [0.2, 0.25) is 5.91 Å². The fourth-order valence-corrected chi connectivity index (χ4v) is 6.25. The monoisotopic (exact) mass is 491 g/mol. The maximum absolute atomic E-state index is 13.9. The number of pyridine rings is 1. The molecule has 0 bridgehead atoms. The molecule has 4 heterocycles. The average Bonchev–Trinajstić information content (AvgIpc) is 3.54. The van der Waals surface area contributed by atoms with E-state index >= 15 is 0 Å². The first kappa shape index (κ1) is 24.1. The first-order valence-electron chi connectivity index (χ1n) is 12.5. The average molecular weight is 492 g/mol. The summed E-state index contributed by atoms with van der Waals surface area (Å²) in [5, 5.41) is 11.5. The summed E-state index contributed by atoms with van der Waals surface area (Å²) in [6.07, 6.45) is 3.13. The quantitative estimate of drug-likeness (QED) is 0.651. The lowest BCUT2D eigenvalue weighted by molar-refractivity contribution is -0.146. The molecular formula is C24H32F3N7O. The third-order valence-corrected chi connectivity index (χ3v) is 8.46. The van der Waals surface area contributed by atoms with Gasteiger partial charge in [0.1, 0.15) is 6.33 Å². The Labute approximate surface area is 202 Å². The highest BCUT2D eigenvalue weighted by Crippen LogP contribution is 2.48. The van der Waals surface area contributed by atoms with E-state index < -0.39 is 17.2 Å². The minimum absolute atomic E-state index is 0.0848. The lowest BCUT2D eigenvalue weighted by Gasteiger charge is -2.41. The Hall–Kier alpha value is -2.56. The van der Waals surface area contributed by atoms with Crippen molar-refractivity contribution in [1.82, 2.24) is 35.0 Å². The van der Waals surface area contributed by atoms with Crippen molar-refractivity contribution in [3.05, 3.63) is 35.4 Å². The maximum atomic E-state index is 13.9. The number of alkyl halides is 3. The summed E-state index contributed by atoms with van der Waals surface area (Å²) in [5.74, 6) is 0.237. The van der Waals surface area contributed by atoms with E-state index in [2.05, 4.69) is 39.3 Å². The minimum Gasteiger partial charge on any atom is -0.337 e. The Bertz CT molecular complexity index is 1050. The molecule has 5 rings (SSSR count). The van der Waals surface area contributed by atoms with Gasteiger partial charge in [-0.3, -0.25) is 9.78 Å². The van der Waals surface area contributed by atoms with Crippen LogP contribution in [0.5, 0.6) is 0 Å². The van der Waals surface area contributed by atoms with Crippen LogP contribution in [-0.2, 0) is 23.9 Å². The Balaban J connectivity index is 1.27. The second kappa shape index (κ2) is 9.15. The molecule has 0 N–H and O–H groups in total. The number of carbonyl (C=O) groups excluding carboxylic acids is 1. The molecule has 190 valence electrons. The highest BCUT2D eigenvalue weighted by Gasteiger charge is 2.51. The predicted molar refractivity (Wildman–Crippen MR) is 121 cm³/mol. The fourth-order valence-electron chi connectivity index (χ4n) is 6.25. The summed E-state index contributed by atoms with van der Waals surface area (Å²) in [5.41, 5.74) is -0.0627. The van der Waals surface area contributed by atoms with E-state index in [-0.39, 0.29) is 18.4 Å². The first-order chi connectivity index (χ1) is 16.7. The van der Waals surface area contributed by atoms with Crippen LogP contribution < -0.4 is 0 Å². The molecule has 11 heteroatoms. The molecular weight excluding hydrogens is 459 g/mol. The maximum Gasteiger partial charge on any atom is 0.417 e. The molecule has 2 aromatic heterocycles. The van der Waals surface area contributed by atoms with Crippen molar-refractivity contribution < 1.29 is 18.0 Å². The van der Waals surface area contributed by atoms with Crippen LogP contribution in [0.15, 0.2) is 18.6 Å². The van der Waals surface area contributed by atoms with Gasteiger partial charge in [0, 0.05) is 50.5 Å². The largest absolute Gasteiger partial charge is 0.417 e. The highest BCUT2D eigenvalue weighted by molar-refractivity contribution is 5.83. The zero-order chi connectivity index (χ0) is 24.8. The van der Waals surface area contributed by atoms with Crippen molar-refractivity contribution in [1.29, 1.82) is 0 Å². The molecule has 0 aromatic carbocycles. The number of aromatic nitrogens is 5. The van der Waals surface area contributed by atoms with Gasteiger partial charge in [-0.05, 0) is 60.1 Å². The predicted octanol–water partition coefficient (Wildman–Crippen LogP) is 3.50. The molecule has 2 atom stereocenters. The van der Waals surface area contributed by atoms with Gasteiger partial charge < -0.3 is 9.80 Å². The van der Waals surface area contributed by atoms with Crippen molar-refractivity contribution >= 4 is 5.91 Å². The van der Waals surface area contributed by atoms with Crippen LogP contribution in [0, 0.1) is 11.3 Å². The Morgan fingerprint density at radius 2 is 1.91 bits per heavy atom.